The highest BCUT2D eigenvalue weighted by Crippen LogP contribution is 2.18. The molecule has 1 N–H and O–H groups in total. The van der Waals surface area contributed by atoms with Crippen molar-refractivity contribution in [2.75, 3.05) is 13.7 Å². The molecule has 2 aromatic rings. The van der Waals surface area contributed by atoms with Gasteiger partial charge >= 0.3 is 0 Å². The lowest BCUT2D eigenvalue weighted by Crippen LogP contribution is -2.50. The van der Waals surface area contributed by atoms with Crippen LogP contribution >= 0.6 is 15.9 Å². The zero-order valence-electron chi connectivity index (χ0n) is 17.1. The number of methoxy groups -OCH3 is 1. The normalized spacial score (nSPS) is 11.7. The van der Waals surface area contributed by atoms with E-state index in [2.05, 4.69) is 21.2 Å². The lowest BCUT2D eigenvalue weighted by molar-refractivity contribution is -0.142. The summed E-state index contributed by atoms with van der Waals surface area (Å²) < 4.78 is 11.7. The SMILES string of the molecule is COc1ccc(OCC(=O)N(Cc2cccc(Br)c2)[C@H](C)C(=O)NC(C)C)cc1. The van der Waals surface area contributed by atoms with Crippen molar-refractivity contribution in [3.8, 4) is 11.5 Å². The zero-order chi connectivity index (χ0) is 21.4. The van der Waals surface area contributed by atoms with Crippen LogP contribution < -0.4 is 14.8 Å². The molecule has 1 atom stereocenters. The lowest BCUT2D eigenvalue weighted by atomic mass is 10.1. The van der Waals surface area contributed by atoms with Crippen molar-refractivity contribution in [3.63, 3.8) is 0 Å². The molecule has 6 nitrogen and oxygen atoms in total. The van der Waals surface area contributed by atoms with Crippen molar-refractivity contribution in [3.05, 3.63) is 58.6 Å². The van der Waals surface area contributed by atoms with Crippen LogP contribution in [0.1, 0.15) is 26.3 Å². The molecule has 0 spiro atoms. The topological polar surface area (TPSA) is 67.9 Å². The van der Waals surface area contributed by atoms with E-state index in [-0.39, 0.29) is 24.5 Å². The van der Waals surface area contributed by atoms with Crippen LogP contribution in [0.15, 0.2) is 53.0 Å². The van der Waals surface area contributed by atoms with E-state index in [4.69, 9.17) is 9.47 Å². The predicted molar refractivity (Wildman–Crippen MR) is 116 cm³/mol. The quantitative estimate of drug-likeness (QED) is 0.615. The Morgan fingerprint density at radius 2 is 1.72 bits per heavy atom. The highest BCUT2D eigenvalue weighted by Gasteiger charge is 2.26. The average Bonchev–Trinajstić information content (AvgIpc) is 2.69. The third-order valence-electron chi connectivity index (χ3n) is 4.26. The molecule has 7 heteroatoms. The second kappa shape index (κ2) is 10.9. The Morgan fingerprint density at radius 3 is 2.31 bits per heavy atom. The number of ether oxygens (including phenoxy) is 2. The van der Waals surface area contributed by atoms with E-state index in [1.807, 2.05) is 38.1 Å². The Bertz CT molecular complexity index is 824. The van der Waals surface area contributed by atoms with E-state index < -0.39 is 6.04 Å². The van der Waals surface area contributed by atoms with Gasteiger partial charge in [-0.3, -0.25) is 9.59 Å². The minimum absolute atomic E-state index is 0.0108. The van der Waals surface area contributed by atoms with Gasteiger partial charge < -0.3 is 19.7 Å². The van der Waals surface area contributed by atoms with Crippen molar-refractivity contribution in [1.29, 1.82) is 0 Å². The largest absolute Gasteiger partial charge is 0.497 e. The van der Waals surface area contributed by atoms with Crippen LogP contribution in [0.5, 0.6) is 11.5 Å². The highest BCUT2D eigenvalue weighted by molar-refractivity contribution is 9.10. The number of amides is 2. The molecule has 0 unspecified atom stereocenters. The number of nitrogens with one attached hydrogen (secondary N) is 1. The summed E-state index contributed by atoms with van der Waals surface area (Å²) in [6, 6.07) is 14.0. The van der Waals surface area contributed by atoms with Crippen molar-refractivity contribution < 1.29 is 19.1 Å². The molecule has 0 saturated carbocycles. The Labute approximate surface area is 180 Å². The number of nitrogens with zero attached hydrogens (tertiary/aromatic N) is 1. The molecule has 0 radical (unpaired) electrons. The fraction of sp³-hybridized carbons (Fsp3) is 0.364. The van der Waals surface area contributed by atoms with Crippen LogP contribution in [0, 0.1) is 0 Å². The number of carbonyl (C=O) groups excluding carboxylic acids is 2. The molecule has 0 bridgehead atoms. The second-order valence-corrected chi connectivity index (χ2v) is 7.87. The minimum Gasteiger partial charge on any atom is -0.497 e. The summed E-state index contributed by atoms with van der Waals surface area (Å²) in [7, 11) is 1.59. The molecule has 2 rings (SSSR count). The molecular weight excluding hydrogens is 436 g/mol. The van der Waals surface area contributed by atoms with E-state index in [1.165, 1.54) is 4.90 Å². The first kappa shape index (κ1) is 22.7. The second-order valence-electron chi connectivity index (χ2n) is 6.96. The number of halogens is 1. The molecule has 2 aromatic carbocycles. The molecule has 29 heavy (non-hydrogen) atoms. The number of rotatable bonds is 9. The smallest absolute Gasteiger partial charge is 0.261 e. The van der Waals surface area contributed by atoms with E-state index in [0.717, 1.165) is 10.0 Å². The Morgan fingerprint density at radius 1 is 1.07 bits per heavy atom. The lowest BCUT2D eigenvalue weighted by Gasteiger charge is -2.29. The molecule has 156 valence electrons. The maximum atomic E-state index is 12.9. The molecule has 0 aliphatic carbocycles. The van der Waals surface area contributed by atoms with Crippen molar-refractivity contribution in [2.24, 2.45) is 0 Å². The van der Waals surface area contributed by atoms with Gasteiger partial charge in [-0.05, 0) is 62.7 Å². The first-order valence-corrected chi connectivity index (χ1v) is 10.2. The van der Waals surface area contributed by atoms with Gasteiger partial charge in [-0.2, -0.15) is 0 Å². The average molecular weight is 463 g/mol. The fourth-order valence-corrected chi connectivity index (χ4v) is 3.17. The molecule has 0 aliphatic rings. The van der Waals surface area contributed by atoms with Gasteiger partial charge in [0, 0.05) is 17.1 Å². The van der Waals surface area contributed by atoms with Crippen LogP contribution in [0.4, 0.5) is 0 Å². The number of hydrogen-bond donors (Lipinski definition) is 1. The minimum atomic E-state index is -0.636. The van der Waals surface area contributed by atoms with Crippen molar-refractivity contribution >= 4 is 27.7 Å². The molecule has 2 amide bonds. The molecule has 0 aliphatic heterocycles. The Kier molecular flexibility index (Phi) is 8.51. The van der Waals surface area contributed by atoms with E-state index in [1.54, 1.807) is 38.3 Å². The summed E-state index contributed by atoms with van der Waals surface area (Å²) in [5, 5.41) is 2.86. The van der Waals surface area contributed by atoms with E-state index in [0.29, 0.717) is 18.0 Å². The predicted octanol–water partition coefficient (Wildman–Crippen LogP) is 3.78. The highest BCUT2D eigenvalue weighted by atomic mass is 79.9. The number of benzene rings is 2. The van der Waals surface area contributed by atoms with Gasteiger partial charge in [-0.1, -0.05) is 28.1 Å². The maximum absolute atomic E-state index is 12.9. The van der Waals surface area contributed by atoms with Gasteiger partial charge in [0.25, 0.3) is 5.91 Å². The van der Waals surface area contributed by atoms with Crippen LogP contribution in [0.3, 0.4) is 0 Å². The fourth-order valence-electron chi connectivity index (χ4n) is 2.72. The molecule has 0 heterocycles. The van der Waals surface area contributed by atoms with Gasteiger partial charge in [0.15, 0.2) is 6.61 Å². The van der Waals surface area contributed by atoms with Crippen molar-refractivity contribution in [1.82, 2.24) is 10.2 Å². The van der Waals surface area contributed by atoms with Crippen molar-refractivity contribution in [2.45, 2.75) is 39.4 Å². The summed E-state index contributed by atoms with van der Waals surface area (Å²) in [6.45, 7) is 5.63. The maximum Gasteiger partial charge on any atom is 0.261 e. The van der Waals surface area contributed by atoms with E-state index in [9.17, 15) is 9.59 Å². The summed E-state index contributed by atoms with van der Waals surface area (Å²) in [5.41, 5.74) is 0.918. The number of hydrogen-bond acceptors (Lipinski definition) is 4. The summed E-state index contributed by atoms with van der Waals surface area (Å²) >= 11 is 3.44. The summed E-state index contributed by atoms with van der Waals surface area (Å²) in [6.07, 6.45) is 0. The Balaban J connectivity index is 2.13. The molecule has 0 saturated heterocycles. The third kappa shape index (κ3) is 7.09. The van der Waals surface area contributed by atoms with Gasteiger partial charge in [0.05, 0.1) is 7.11 Å². The van der Waals surface area contributed by atoms with Crippen LogP contribution in [-0.4, -0.2) is 42.5 Å². The monoisotopic (exact) mass is 462 g/mol. The molecule has 0 fully saturated rings. The van der Waals surface area contributed by atoms with Gasteiger partial charge in [0.2, 0.25) is 5.91 Å². The molecule has 0 aromatic heterocycles. The summed E-state index contributed by atoms with van der Waals surface area (Å²) in [4.78, 5) is 27.0. The van der Waals surface area contributed by atoms with Gasteiger partial charge in [0.1, 0.15) is 17.5 Å². The van der Waals surface area contributed by atoms with Crippen LogP contribution in [0.25, 0.3) is 0 Å². The van der Waals surface area contributed by atoms with Crippen LogP contribution in [0.2, 0.25) is 0 Å². The first-order valence-electron chi connectivity index (χ1n) is 9.41. The zero-order valence-corrected chi connectivity index (χ0v) is 18.7. The summed E-state index contributed by atoms with van der Waals surface area (Å²) in [5.74, 6) is 0.791. The van der Waals surface area contributed by atoms with Gasteiger partial charge in [-0.15, -0.1) is 0 Å². The standard InChI is InChI=1S/C22H27BrN2O4/c1-15(2)24-22(27)16(3)25(13-17-6-5-7-18(23)12-17)21(26)14-29-20-10-8-19(28-4)9-11-20/h5-12,15-16H,13-14H2,1-4H3,(H,24,27)/t16-/m1/s1. The Hall–Kier alpha value is -2.54. The van der Waals surface area contributed by atoms with Gasteiger partial charge in [-0.25, -0.2) is 0 Å². The number of carbonyl (C=O) groups is 2. The molecular formula is C22H27BrN2O4. The third-order valence-corrected chi connectivity index (χ3v) is 4.76. The van der Waals surface area contributed by atoms with E-state index >= 15 is 0 Å². The first-order chi connectivity index (χ1) is 13.8. The van der Waals surface area contributed by atoms with Crippen LogP contribution in [-0.2, 0) is 16.1 Å².